The van der Waals surface area contributed by atoms with Crippen LogP contribution in [-0.4, -0.2) is 61.3 Å². The molecular weight excluding hydrogens is 344 g/mol. The molecule has 0 radical (unpaired) electrons. The first kappa shape index (κ1) is 19.1. The number of hydrogen-bond donors (Lipinski definition) is 1. The van der Waals surface area contributed by atoms with Crippen molar-refractivity contribution in [1.29, 1.82) is 0 Å². The summed E-state index contributed by atoms with van der Waals surface area (Å²) in [4.78, 5) is 16.5. The second-order valence-corrected chi connectivity index (χ2v) is 7.79. The number of aryl methyl sites for hydroxylation is 2. The van der Waals surface area contributed by atoms with Crippen molar-refractivity contribution in [2.24, 2.45) is 7.05 Å². The standard InChI is InChI=1S/C14H24N8O2S/c1-9-12(10(2)22(7)19-9)25(23,24)15-8-11-16-13(20(3)4)18-14(17-11)21(5)6/h15H,8H2,1-7H3. The van der Waals surface area contributed by atoms with Gasteiger partial charge in [-0.05, 0) is 13.8 Å². The first-order chi connectivity index (χ1) is 11.5. The molecule has 0 aliphatic carbocycles. The summed E-state index contributed by atoms with van der Waals surface area (Å²) in [5.74, 6) is 1.26. The number of anilines is 2. The van der Waals surface area contributed by atoms with E-state index in [2.05, 4.69) is 24.8 Å². The second-order valence-electron chi connectivity index (χ2n) is 6.09. The quantitative estimate of drug-likeness (QED) is 0.749. The van der Waals surface area contributed by atoms with Crippen LogP contribution in [0.1, 0.15) is 17.2 Å². The average Bonchev–Trinajstić information content (AvgIpc) is 2.78. The summed E-state index contributed by atoms with van der Waals surface area (Å²) in [5, 5.41) is 4.15. The molecule has 0 aromatic carbocycles. The van der Waals surface area contributed by atoms with Gasteiger partial charge in [0.25, 0.3) is 0 Å². The van der Waals surface area contributed by atoms with E-state index in [9.17, 15) is 8.42 Å². The van der Waals surface area contributed by atoms with E-state index < -0.39 is 10.0 Å². The third-order valence-electron chi connectivity index (χ3n) is 3.59. The molecule has 138 valence electrons. The predicted octanol–water partition coefficient (Wildman–Crippen LogP) is -0.168. The van der Waals surface area contributed by atoms with Gasteiger partial charge in [0.1, 0.15) is 4.90 Å². The summed E-state index contributed by atoms with van der Waals surface area (Å²) in [6.45, 7) is 3.34. The molecule has 2 aromatic heterocycles. The Balaban J connectivity index is 2.31. The van der Waals surface area contributed by atoms with Gasteiger partial charge in [-0.3, -0.25) is 4.68 Å². The lowest BCUT2D eigenvalue weighted by Crippen LogP contribution is -2.27. The van der Waals surface area contributed by atoms with E-state index in [1.165, 1.54) is 0 Å². The normalized spacial score (nSPS) is 11.6. The minimum Gasteiger partial charge on any atom is -0.347 e. The molecule has 1 N–H and O–H groups in total. The van der Waals surface area contributed by atoms with Gasteiger partial charge in [-0.1, -0.05) is 0 Å². The lowest BCUT2D eigenvalue weighted by molar-refractivity contribution is 0.577. The monoisotopic (exact) mass is 368 g/mol. The Morgan fingerprint density at radius 3 is 1.92 bits per heavy atom. The van der Waals surface area contributed by atoms with Crippen LogP contribution in [0.25, 0.3) is 0 Å². The van der Waals surface area contributed by atoms with Gasteiger partial charge in [-0.2, -0.15) is 20.1 Å². The molecule has 2 rings (SSSR count). The summed E-state index contributed by atoms with van der Waals surface area (Å²) in [6.07, 6.45) is 0. The topological polar surface area (TPSA) is 109 Å². The molecule has 2 aromatic rings. The summed E-state index contributed by atoms with van der Waals surface area (Å²) in [6, 6.07) is 0. The van der Waals surface area contributed by atoms with E-state index >= 15 is 0 Å². The molecule has 0 fully saturated rings. The zero-order valence-electron chi connectivity index (χ0n) is 15.6. The molecule has 0 unspecified atom stereocenters. The highest BCUT2D eigenvalue weighted by Gasteiger charge is 2.24. The van der Waals surface area contributed by atoms with E-state index in [1.54, 1.807) is 35.4 Å². The number of nitrogens with zero attached hydrogens (tertiary/aromatic N) is 7. The molecule has 11 heteroatoms. The number of hydrogen-bond acceptors (Lipinski definition) is 8. The van der Waals surface area contributed by atoms with Crippen molar-refractivity contribution in [3.05, 3.63) is 17.2 Å². The fourth-order valence-corrected chi connectivity index (χ4v) is 3.66. The van der Waals surface area contributed by atoms with Crippen molar-refractivity contribution in [3.8, 4) is 0 Å². The number of nitrogens with one attached hydrogen (secondary N) is 1. The summed E-state index contributed by atoms with van der Waals surface area (Å²) in [7, 11) is 5.22. The van der Waals surface area contributed by atoms with Gasteiger partial charge in [-0.15, -0.1) is 0 Å². The molecule has 0 spiro atoms. The highest BCUT2D eigenvalue weighted by Crippen LogP contribution is 2.18. The summed E-state index contributed by atoms with van der Waals surface area (Å²) >= 11 is 0. The van der Waals surface area contributed by atoms with Gasteiger partial charge >= 0.3 is 0 Å². The molecule has 0 saturated heterocycles. The Kier molecular flexibility index (Phi) is 5.28. The van der Waals surface area contributed by atoms with E-state index in [-0.39, 0.29) is 11.4 Å². The number of rotatable bonds is 6. The van der Waals surface area contributed by atoms with E-state index in [1.807, 2.05) is 28.2 Å². The minimum atomic E-state index is -3.73. The van der Waals surface area contributed by atoms with Crippen LogP contribution in [0.2, 0.25) is 0 Å². The van der Waals surface area contributed by atoms with Gasteiger partial charge < -0.3 is 9.80 Å². The fourth-order valence-electron chi connectivity index (χ4n) is 2.25. The third kappa shape index (κ3) is 4.04. The zero-order valence-corrected chi connectivity index (χ0v) is 16.4. The van der Waals surface area contributed by atoms with Crippen LogP contribution in [0.4, 0.5) is 11.9 Å². The van der Waals surface area contributed by atoms with E-state index in [0.29, 0.717) is 29.1 Å². The van der Waals surface area contributed by atoms with E-state index in [4.69, 9.17) is 0 Å². The highest BCUT2D eigenvalue weighted by molar-refractivity contribution is 7.89. The first-order valence-corrected chi connectivity index (χ1v) is 9.10. The Morgan fingerprint density at radius 2 is 1.52 bits per heavy atom. The Morgan fingerprint density at radius 1 is 1.00 bits per heavy atom. The molecule has 25 heavy (non-hydrogen) atoms. The highest BCUT2D eigenvalue weighted by atomic mass is 32.2. The number of sulfonamides is 1. The van der Waals surface area contributed by atoms with Crippen LogP contribution in [0.5, 0.6) is 0 Å². The van der Waals surface area contributed by atoms with Crippen molar-refractivity contribution in [2.75, 3.05) is 38.0 Å². The minimum absolute atomic E-state index is 0.0414. The largest absolute Gasteiger partial charge is 0.347 e. The summed E-state index contributed by atoms with van der Waals surface area (Å²) in [5.41, 5.74) is 1.02. The molecule has 10 nitrogen and oxygen atoms in total. The van der Waals surface area contributed by atoms with Gasteiger partial charge in [0.2, 0.25) is 21.9 Å². The zero-order chi connectivity index (χ0) is 18.9. The second kappa shape index (κ2) is 6.92. The van der Waals surface area contributed by atoms with Crippen LogP contribution in [-0.2, 0) is 23.6 Å². The van der Waals surface area contributed by atoms with Gasteiger partial charge in [0, 0.05) is 35.2 Å². The van der Waals surface area contributed by atoms with Crippen LogP contribution >= 0.6 is 0 Å². The summed E-state index contributed by atoms with van der Waals surface area (Å²) < 4.78 is 29.4. The first-order valence-electron chi connectivity index (χ1n) is 7.62. The van der Waals surface area contributed by atoms with Crippen molar-refractivity contribution in [3.63, 3.8) is 0 Å². The van der Waals surface area contributed by atoms with Gasteiger partial charge in [0.15, 0.2) is 5.82 Å². The Bertz CT molecular complexity index is 847. The molecule has 0 aliphatic heterocycles. The van der Waals surface area contributed by atoms with Crippen LogP contribution < -0.4 is 14.5 Å². The van der Waals surface area contributed by atoms with Crippen LogP contribution in [0.3, 0.4) is 0 Å². The lowest BCUT2D eigenvalue weighted by atomic mass is 10.4. The Labute approximate surface area is 148 Å². The van der Waals surface area contributed by atoms with E-state index in [0.717, 1.165) is 0 Å². The smallest absolute Gasteiger partial charge is 0.244 e. The maximum atomic E-state index is 12.6. The molecule has 2 heterocycles. The van der Waals surface area contributed by atoms with Gasteiger partial charge in [-0.25, -0.2) is 13.1 Å². The third-order valence-corrected chi connectivity index (χ3v) is 5.24. The fraction of sp³-hybridized carbons (Fsp3) is 0.571. The SMILES string of the molecule is Cc1nn(C)c(C)c1S(=O)(=O)NCc1nc(N(C)C)nc(N(C)C)n1. The van der Waals surface area contributed by atoms with Crippen molar-refractivity contribution >= 4 is 21.9 Å². The lowest BCUT2D eigenvalue weighted by Gasteiger charge is -2.16. The predicted molar refractivity (Wildman–Crippen MR) is 95.2 cm³/mol. The molecule has 0 atom stereocenters. The molecule has 0 aliphatic rings. The maximum Gasteiger partial charge on any atom is 0.244 e. The van der Waals surface area contributed by atoms with Crippen LogP contribution in [0.15, 0.2) is 4.90 Å². The van der Waals surface area contributed by atoms with Crippen LogP contribution in [0, 0.1) is 13.8 Å². The maximum absolute atomic E-state index is 12.6. The average molecular weight is 368 g/mol. The molecule has 0 amide bonds. The molecular formula is C14H24N8O2S. The molecule has 0 saturated carbocycles. The van der Waals surface area contributed by atoms with Crippen molar-refractivity contribution in [1.82, 2.24) is 29.5 Å². The Hall–Kier alpha value is -2.27. The van der Waals surface area contributed by atoms with Gasteiger partial charge in [0.05, 0.1) is 17.9 Å². The number of aromatic nitrogens is 5. The molecule has 0 bridgehead atoms. The van der Waals surface area contributed by atoms with Crippen molar-refractivity contribution < 1.29 is 8.42 Å². The van der Waals surface area contributed by atoms with Crippen molar-refractivity contribution in [2.45, 2.75) is 25.3 Å².